The second kappa shape index (κ2) is 2.58. The zero-order valence-corrected chi connectivity index (χ0v) is 9.10. The molecule has 0 saturated heterocycles. The van der Waals surface area contributed by atoms with E-state index in [4.69, 9.17) is 0 Å². The number of carbonyl (C=O) groups excluding carboxylic acids is 1. The molecule has 0 spiro atoms. The smallest absolute Gasteiger partial charge is 0.189 e. The van der Waals surface area contributed by atoms with Crippen molar-refractivity contribution in [3.63, 3.8) is 0 Å². The topological polar surface area (TPSA) is 29.1 Å². The number of carbonyl (C=O) groups is 1. The first-order valence-corrected chi connectivity index (χ1v) is 4.92. The molecule has 1 aliphatic heterocycles. The summed E-state index contributed by atoms with van der Waals surface area (Å²) in [4.78, 5) is 11.8. The molecular weight excluding hydrogens is 230 g/mol. The van der Waals surface area contributed by atoms with Crippen molar-refractivity contribution in [2.24, 2.45) is 0 Å². The van der Waals surface area contributed by atoms with Gasteiger partial charge in [0.1, 0.15) is 0 Å². The van der Waals surface area contributed by atoms with Crippen molar-refractivity contribution in [2.75, 3.05) is 5.32 Å². The largest absolute Gasteiger partial charge is 0.372 e. The van der Waals surface area contributed by atoms with E-state index in [-0.39, 0.29) is 5.78 Å². The van der Waals surface area contributed by atoms with Crippen LogP contribution in [0.4, 0.5) is 5.69 Å². The van der Waals surface area contributed by atoms with E-state index >= 15 is 0 Å². The van der Waals surface area contributed by atoms with Crippen LogP contribution in [0.1, 0.15) is 24.2 Å². The van der Waals surface area contributed by atoms with Gasteiger partial charge in [-0.05, 0) is 32.0 Å². The molecule has 1 aromatic carbocycles. The fourth-order valence-electron chi connectivity index (χ4n) is 1.54. The van der Waals surface area contributed by atoms with Gasteiger partial charge in [0.15, 0.2) is 5.78 Å². The molecule has 0 atom stereocenters. The highest BCUT2D eigenvalue weighted by Gasteiger charge is 2.36. The number of Topliss-reactive ketones (excluding diaryl/α,β-unsaturated/α-hetero) is 1. The Morgan fingerprint density at radius 3 is 2.77 bits per heavy atom. The van der Waals surface area contributed by atoms with Crippen molar-refractivity contribution in [3.8, 4) is 0 Å². The fraction of sp³-hybridized carbons (Fsp3) is 0.300. The maximum atomic E-state index is 11.8. The third-order valence-corrected chi connectivity index (χ3v) is 2.73. The lowest BCUT2D eigenvalue weighted by Crippen LogP contribution is -2.33. The van der Waals surface area contributed by atoms with E-state index in [0.29, 0.717) is 0 Å². The number of halogens is 1. The highest BCUT2D eigenvalue weighted by molar-refractivity contribution is 9.10. The quantitative estimate of drug-likeness (QED) is 0.755. The van der Waals surface area contributed by atoms with Crippen molar-refractivity contribution in [2.45, 2.75) is 19.4 Å². The average Bonchev–Trinajstić information content (AvgIpc) is 2.26. The molecule has 0 saturated carbocycles. The summed E-state index contributed by atoms with van der Waals surface area (Å²) in [7, 11) is 0. The number of fused-ring (bicyclic) bond motifs is 1. The molecule has 0 aliphatic carbocycles. The Morgan fingerprint density at radius 2 is 2.08 bits per heavy atom. The Bertz CT molecular complexity index is 385. The van der Waals surface area contributed by atoms with E-state index in [2.05, 4.69) is 21.2 Å². The van der Waals surface area contributed by atoms with Gasteiger partial charge in [0.05, 0.1) is 5.54 Å². The first-order valence-electron chi connectivity index (χ1n) is 4.13. The second-order valence-electron chi connectivity index (χ2n) is 3.77. The number of hydrogen-bond acceptors (Lipinski definition) is 2. The summed E-state index contributed by atoms with van der Waals surface area (Å²) in [5.74, 6) is 0.156. The van der Waals surface area contributed by atoms with E-state index in [1.54, 1.807) is 0 Å². The molecule has 2 nitrogen and oxygen atoms in total. The van der Waals surface area contributed by atoms with E-state index in [1.165, 1.54) is 0 Å². The number of anilines is 1. The molecule has 68 valence electrons. The predicted molar refractivity (Wildman–Crippen MR) is 56.2 cm³/mol. The molecule has 1 aliphatic rings. The predicted octanol–water partition coefficient (Wildman–Crippen LogP) is 2.84. The molecule has 0 radical (unpaired) electrons. The van der Waals surface area contributed by atoms with Crippen LogP contribution in [0, 0.1) is 0 Å². The van der Waals surface area contributed by atoms with Gasteiger partial charge in [0.25, 0.3) is 0 Å². The van der Waals surface area contributed by atoms with Crippen molar-refractivity contribution in [1.29, 1.82) is 0 Å². The zero-order chi connectivity index (χ0) is 9.64. The van der Waals surface area contributed by atoms with Gasteiger partial charge < -0.3 is 5.32 Å². The second-order valence-corrected chi connectivity index (χ2v) is 4.68. The zero-order valence-electron chi connectivity index (χ0n) is 7.52. The van der Waals surface area contributed by atoms with Gasteiger partial charge in [-0.15, -0.1) is 0 Å². The van der Waals surface area contributed by atoms with E-state index in [0.717, 1.165) is 15.7 Å². The molecule has 13 heavy (non-hydrogen) atoms. The maximum absolute atomic E-state index is 11.8. The van der Waals surface area contributed by atoms with Crippen molar-refractivity contribution < 1.29 is 4.79 Å². The van der Waals surface area contributed by atoms with Crippen LogP contribution in [0.3, 0.4) is 0 Å². The van der Waals surface area contributed by atoms with Gasteiger partial charge in [0.2, 0.25) is 0 Å². The van der Waals surface area contributed by atoms with Crippen LogP contribution in [0.2, 0.25) is 0 Å². The summed E-state index contributed by atoms with van der Waals surface area (Å²) in [5, 5.41) is 3.18. The SMILES string of the molecule is CC1(C)Nc2ccc(Br)cc2C1=O. The highest BCUT2D eigenvalue weighted by Crippen LogP contribution is 2.33. The van der Waals surface area contributed by atoms with E-state index < -0.39 is 5.54 Å². The van der Waals surface area contributed by atoms with E-state index in [1.807, 2.05) is 32.0 Å². The minimum absolute atomic E-state index is 0.156. The molecule has 0 bridgehead atoms. The summed E-state index contributed by atoms with van der Waals surface area (Å²) in [5.41, 5.74) is 1.25. The Morgan fingerprint density at radius 1 is 1.38 bits per heavy atom. The Kier molecular flexibility index (Phi) is 1.74. The molecule has 2 rings (SSSR count). The number of nitrogens with one attached hydrogen (secondary N) is 1. The normalized spacial score (nSPS) is 18.2. The Balaban J connectivity index is 2.57. The third-order valence-electron chi connectivity index (χ3n) is 2.24. The summed E-state index contributed by atoms with van der Waals surface area (Å²) in [6.07, 6.45) is 0. The monoisotopic (exact) mass is 239 g/mol. The van der Waals surface area contributed by atoms with Gasteiger partial charge in [0, 0.05) is 15.7 Å². The van der Waals surface area contributed by atoms with Crippen LogP contribution in [0.5, 0.6) is 0 Å². The number of hydrogen-bond donors (Lipinski definition) is 1. The summed E-state index contributed by atoms with van der Waals surface area (Å²) >= 11 is 3.35. The molecule has 0 fully saturated rings. The molecule has 1 heterocycles. The molecule has 1 aromatic rings. The minimum Gasteiger partial charge on any atom is -0.372 e. The lowest BCUT2D eigenvalue weighted by atomic mass is 9.99. The maximum Gasteiger partial charge on any atom is 0.189 e. The minimum atomic E-state index is -0.455. The first-order chi connectivity index (χ1) is 6.00. The molecule has 0 aromatic heterocycles. The standard InChI is InChI=1S/C10H10BrNO/c1-10(2)9(13)7-5-6(11)3-4-8(7)12-10/h3-5,12H,1-2H3. The fourth-order valence-corrected chi connectivity index (χ4v) is 1.90. The molecule has 0 amide bonds. The molecule has 1 N–H and O–H groups in total. The van der Waals surface area contributed by atoms with Crippen LogP contribution in [0.25, 0.3) is 0 Å². The summed E-state index contributed by atoms with van der Waals surface area (Å²) < 4.78 is 0.944. The first kappa shape index (κ1) is 8.75. The van der Waals surface area contributed by atoms with Crippen molar-refractivity contribution >= 4 is 27.4 Å². The van der Waals surface area contributed by atoms with Crippen molar-refractivity contribution in [1.82, 2.24) is 0 Å². The van der Waals surface area contributed by atoms with Crippen LogP contribution >= 0.6 is 15.9 Å². The Hall–Kier alpha value is -0.830. The molecular formula is C10H10BrNO. The van der Waals surface area contributed by atoms with Gasteiger partial charge in [-0.25, -0.2) is 0 Å². The van der Waals surface area contributed by atoms with Crippen LogP contribution in [-0.2, 0) is 0 Å². The number of benzene rings is 1. The number of rotatable bonds is 0. The van der Waals surface area contributed by atoms with Gasteiger partial charge in [-0.2, -0.15) is 0 Å². The molecule has 3 heteroatoms. The van der Waals surface area contributed by atoms with Crippen LogP contribution in [-0.4, -0.2) is 11.3 Å². The lowest BCUT2D eigenvalue weighted by Gasteiger charge is -2.15. The summed E-state index contributed by atoms with van der Waals surface area (Å²) in [6, 6.07) is 5.71. The highest BCUT2D eigenvalue weighted by atomic mass is 79.9. The Labute approximate surface area is 85.5 Å². The third kappa shape index (κ3) is 1.27. The van der Waals surface area contributed by atoms with Crippen molar-refractivity contribution in [3.05, 3.63) is 28.2 Å². The van der Waals surface area contributed by atoms with Crippen LogP contribution in [0.15, 0.2) is 22.7 Å². The lowest BCUT2D eigenvalue weighted by molar-refractivity contribution is 0.0939. The number of ketones is 1. The van der Waals surface area contributed by atoms with Crippen LogP contribution < -0.4 is 5.32 Å². The van der Waals surface area contributed by atoms with Gasteiger partial charge in [-0.3, -0.25) is 4.79 Å². The summed E-state index contributed by atoms with van der Waals surface area (Å²) in [6.45, 7) is 3.78. The molecule has 0 unspecified atom stereocenters. The van der Waals surface area contributed by atoms with Gasteiger partial charge >= 0.3 is 0 Å². The van der Waals surface area contributed by atoms with Gasteiger partial charge in [-0.1, -0.05) is 15.9 Å². The average molecular weight is 240 g/mol. The van der Waals surface area contributed by atoms with E-state index in [9.17, 15) is 4.79 Å².